The van der Waals surface area contributed by atoms with Gasteiger partial charge in [0.2, 0.25) is 5.91 Å². The summed E-state index contributed by atoms with van der Waals surface area (Å²) >= 11 is 1.62. The molecule has 0 saturated heterocycles. The SMILES string of the molecule is CCOc1ccc(NC(=O)C(C)n2c(-c3ccccc3)nc3sc4c(c3c2=O)CCCC4)cc1. The number of fused-ring (bicyclic) bond motifs is 3. The zero-order valence-corrected chi connectivity index (χ0v) is 20.2. The number of ether oxygens (including phenoxy) is 1. The molecule has 1 N–H and O–H groups in total. The standard InChI is InChI=1S/C27H27N3O3S/c1-3-33-20-15-13-19(14-16-20)28-25(31)17(2)30-24(18-9-5-4-6-10-18)29-26-23(27(30)32)21-11-7-8-12-22(21)34-26/h4-6,9-10,13-17H,3,7-8,11-12H2,1-2H3,(H,28,31). The molecule has 4 aromatic rings. The Bertz CT molecular complexity index is 1390. The van der Waals surface area contributed by atoms with Crippen LogP contribution in [0.1, 0.15) is 43.2 Å². The third kappa shape index (κ3) is 4.12. The van der Waals surface area contributed by atoms with Crippen LogP contribution in [-0.2, 0) is 17.6 Å². The fraction of sp³-hybridized carbons (Fsp3) is 0.296. The van der Waals surface area contributed by atoms with Crippen LogP contribution in [0, 0.1) is 0 Å². The lowest BCUT2D eigenvalue weighted by atomic mass is 9.97. The number of thiophene rings is 1. The van der Waals surface area contributed by atoms with Gasteiger partial charge in [0.15, 0.2) is 0 Å². The highest BCUT2D eigenvalue weighted by Crippen LogP contribution is 2.35. The van der Waals surface area contributed by atoms with Crippen molar-refractivity contribution in [1.29, 1.82) is 0 Å². The first-order valence-corrected chi connectivity index (χ1v) is 12.5. The summed E-state index contributed by atoms with van der Waals surface area (Å²) in [5, 5.41) is 3.62. The van der Waals surface area contributed by atoms with Crippen molar-refractivity contribution >= 4 is 33.1 Å². The summed E-state index contributed by atoms with van der Waals surface area (Å²) in [7, 11) is 0. The van der Waals surface area contributed by atoms with E-state index in [1.165, 1.54) is 4.88 Å². The largest absolute Gasteiger partial charge is 0.494 e. The zero-order chi connectivity index (χ0) is 23.7. The number of nitrogens with one attached hydrogen (secondary N) is 1. The molecule has 0 radical (unpaired) electrons. The molecular formula is C27H27N3O3S. The molecule has 1 aliphatic carbocycles. The van der Waals surface area contributed by atoms with E-state index in [2.05, 4.69) is 5.32 Å². The van der Waals surface area contributed by atoms with Gasteiger partial charge in [-0.1, -0.05) is 30.3 Å². The summed E-state index contributed by atoms with van der Waals surface area (Å²) < 4.78 is 7.03. The van der Waals surface area contributed by atoms with Crippen LogP contribution < -0.4 is 15.6 Å². The fourth-order valence-electron chi connectivity index (χ4n) is 4.53. The van der Waals surface area contributed by atoms with Gasteiger partial charge in [0, 0.05) is 16.1 Å². The van der Waals surface area contributed by atoms with Gasteiger partial charge in [0.05, 0.1) is 12.0 Å². The molecule has 1 atom stereocenters. The summed E-state index contributed by atoms with van der Waals surface area (Å²) in [6, 6.07) is 16.1. The van der Waals surface area contributed by atoms with Crippen molar-refractivity contribution in [2.24, 2.45) is 0 Å². The van der Waals surface area contributed by atoms with Crippen LogP contribution in [0.3, 0.4) is 0 Å². The monoisotopic (exact) mass is 473 g/mol. The second-order valence-corrected chi connectivity index (χ2v) is 9.57. The van der Waals surface area contributed by atoms with Crippen molar-refractivity contribution in [2.45, 2.75) is 45.6 Å². The molecule has 0 spiro atoms. The van der Waals surface area contributed by atoms with E-state index < -0.39 is 6.04 Å². The number of carbonyl (C=O) groups excluding carboxylic acids is 1. The van der Waals surface area contributed by atoms with Crippen LogP contribution in [0.2, 0.25) is 0 Å². The van der Waals surface area contributed by atoms with Gasteiger partial charge in [-0.3, -0.25) is 14.2 Å². The van der Waals surface area contributed by atoms with Crippen molar-refractivity contribution in [1.82, 2.24) is 9.55 Å². The second kappa shape index (κ2) is 9.43. The quantitative estimate of drug-likeness (QED) is 0.395. The Hall–Kier alpha value is -3.45. The normalized spacial score (nSPS) is 13.9. The predicted octanol–water partition coefficient (Wildman–Crippen LogP) is 5.60. The lowest BCUT2D eigenvalue weighted by Crippen LogP contribution is -2.33. The highest BCUT2D eigenvalue weighted by molar-refractivity contribution is 7.18. The van der Waals surface area contributed by atoms with Crippen molar-refractivity contribution < 1.29 is 9.53 Å². The van der Waals surface area contributed by atoms with Crippen LogP contribution in [0.5, 0.6) is 5.75 Å². The number of nitrogens with zero attached hydrogens (tertiary/aromatic N) is 2. The second-order valence-electron chi connectivity index (χ2n) is 8.49. The molecule has 34 heavy (non-hydrogen) atoms. The molecule has 1 aliphatic rings. The number of aryl methyl sites for hydroxylation is 2. The van der Waals surface area contributed by atoms with Crippen molar-refractivity contribution in [2.75, 3.05) is 11.9 Å². The summed E-state index contributed by atoms with van der Waals surface area (Å²) in [5.74, 6) is 0.993. The average Bonchev–Trinajstić information content (AvgIpc) is 3.24. The van der Waals surface area contributed by atoms with Gasteiger partial charge < -0.3 is 10.1 Å². The average molecular weight is 474 g/mol. The molecule has 2 aromatic carbocycles. The van der Waals surface area contributed by atoms with Crippen LogP contribution in [0.15, 0.2) is 59.4 Å². The number of aromatic nitrogens is 2. The maximum atomic E-state index is 13.9. The topological polar surface area (TPSA) is 73.2 Å². The van der Waals surface area contributed by atoms with Crippen molar-refractivity contribution in [3.05, 3.63) is 75.4 Å². The first-order chi connectivity index (χ1) is 16.6. The van der Waals surface area contributed by atoms with Crippen LogP contribution in [0.4, 0.5) is 5.69 Å². The van der Waals surface area contributed by atoms with E-state index >= 15 is 0 Å². The number of carbonyl (C=O) groups is 1. The minimum absolute atomic E-state index is 0.141. The van der Waals surface area contributed by atoms with E-state index in [1.54, 1.807) is 35.0 Å². The molecule has 0 bridgehead atoms. The number of hydrogen-bond donors (Lipinski definition) is 1. The molecule has 2 heterocycles. The van der Waals surface area contributed by atoms with Crippen LogP contribution >= 0.6 is 11.3 Å². The first kappa shape index (κ1) is 22.3. The maximum Gasteiger partial charge on any atom is 0.263 e. The maximum absolute atomic E-state index is 13.9. The molecule has 1 unspecified atom stereocenters. The smallest absolute Gasteiger partial charge is 0.263 e. The Morgan fingerprint density at radius 1 is 1.12 bits per heavy atom. The number of rotatable bonds is 6. The first-order valence-electron chi connectivity index (χ1n) is 11.7. The van der Waals surface area contributed by atoms with E-state index in [9.17, 15) is 9.59 Å². The third-order valence-corrected chi connectivity index (χ3v) is 7.44. The van der Waals surface area contributed by atoms with Crippen molar-refractivity contribution in [3.8, 4) is 17.1 Å². The van der Waals surface area contributed by atoms with Gasteiger partial charge in [-0.15, -0.1) is 11.3 Å². The summed E-state index contributed by atoms with van der Waals surface area (Å²) in [6.45, 7) is 4.26. The Kier molecular flexibility index (Phi) is 6.20. The molecule has 5 rings (SSSR count). The number of hydrogen-bond acceptors (Lipinski definition) is 5. The van der Waals surface area contributed by atoms with E-state index in [1.807, 2.05) is 49.4 Å². The minimum atomic E-state index is -0.745. The van der Waals surface area contributed by atoms with E-state index in [4.69, 9.17) is 9.72 Å². The number of amides is 1. The highest BCUT2D eigenvalue weighted by Gasteiger charge is 2.27. The molecule has 2 aromatic heterocycles. The van der Waals surface area contributed by atoms with E-state index in [0.29, 0.717) is 23.5 Å². The molecule has 0 fully saturated rings. The minimum Gasteiger partial charge on any atom is -0.494 e. The van der Waals surface area contributed by atoms with Crippen LogP contribution in [0.25, 0.3) is 21.6 Å². The van der Waals surface area contributed by atoms with Gasteiger partial charge in [0.1, 0.15) is 22.4 Å². The summed E-state index contributed by atoms with van der Waals surface area (Å²) in [4.78, 5) is 34.2. The van der Waals surface area contributed by atoms with Gasteiger partial charge in [-0.25, -0.2) is 4.98 Å². The lowest BCUT2D eigenvalue weighted by Gasteiger charge is -2.20. The van der Waals surface area contributed by atoms with Crippen LogP contribution in [-0.4, -0.2) is 22.1 Å². The molecule has 6 nitrogen and oxygen atoms in total. The molecular weight excluding hydrogens is 446 g/mol. The molecule has 174 valence electrons. The number of anilines is 1. The Balaban J connectivity index is 1.58. The third-order valence-electron chi connectivity index (χ3n) is 6.25. The van der Waals surface area contributed by atoms with Gasteiger partial charge in [-0.2, -0.15) is 0 Å². The van der Waals surface area contributed by atoms with Crippen molar-refractivity contribution in [3.63, 3.8) is 0 Å². The lowest BCUT2D eigenvalue weighted by molar-refractivity contribution is -0.118. The predicted molar refractivity (Wildman–Crippen MR) is 137 cm³/mol. The molecule has 0 saturated carbocycles. The fourth-order valence-corrected chi connectivity index (χ4v) is 5.78. The molecule has 1 amide bonds. The Morgan fingerprint density at radius 2 is 1.85 bits per heavy atom. The van der Waals surface area contributed by atoms with E-state index in [0.717, 1.165) is 47.4 Å². The molecule has 7 heteroatoms. The Morgan fingerprint density at radius 3 is 2.59 bits per heavy atom. The number of benzene rings is 2. The van der Waals surface area contributed by atoms with E-state index in [-0.39, 0.29) is 11.5 Å². The Labute approximate surface area is 202 Å². The van der Waals surface area contributed by atoms with Gasteiger partial charge in [0.25, 0.3) is 5.56 Å². The zero-order valence-electron chi connectivity index (χ0n) is 19.3. The highest BCUT2D eigenvalue weighted by atomic mass is 32.1. The summed E-state index contributed by atoms with van der Waals surface area (Å²) in [5.41, 5.74) is 2.44. The van der Waals surface area contributed by atoms with Gasteiger partial charge >= 0.3 is 0 Å². The van der Waals surface area contributed by atoms with Gasteiger partial charge in [-0.05, 0) is 69.4 Å². The summed E-state index contributed by atoms with van der Waals surface area (Å²) in [6.07, 6.45) is 4.10. The molecule has 0 aliphatic heterocycles.